The van der Waals surface area contributed by atoms with E-state index in [2.05, 4.69) is 37.4 Å². The predicted molar refractivity (Wildman–Crippen MR) is 73.8 cm³/mol. The molecule has 100 valence electrons. The molecule has 0 aliphatic carbocycles. The summed E-state index contributed by atoms with van der Waals surface area (Å²) in [7, 11) is 0. The monoisotopic (exact) mass is 249 g/mol. The Hall–Kier alpha value is -1.51. The van der Waals surface area contributed by atoms with Crippen molar-refractivity contribution in [3.63, 3.8) is 0 Å². The smallest absolute Gasteiger partial charge is 0.407 e. The summed E-state index contributed by atoms with van der Waals surface area (Å²) in [5.74, 6) is 0.275. The van der Waals surface area contributed by atoms with Gasteiger partial charge in [-0.15, -0.1) is 0 Å². The highest BCUT2D eigenvalue weighted by molar-refractivity contribution is 5.67. The molecule has 0 radical (unpaired) electrons. The normalized spacial score (nSPS) is 12.9. The number of alkyl carbamates (subject to hydrolysis) is 1. The molecule has 0 saturated carbocycles. The van der Waals surface area contributed by atoms with Crippen LogP contribution < -0.4 is 5.32 Å². The molecule has 1 unspecified atom stereocenters. The first-order chi connectivity index (χ1) is 8.28. The summed E-state index contributed by atoms with van der Waals surface area (Å²) in [6, 6.07) is 8.32. The van der Waals surface area contributed by atoms with Crippen LogP contribution in [-0.4, -0.2) is 18.2 Å². The number of hydrogen-bond donors (Lipinski definition) is 1. The van der Waals surface area contributed by atoms with E-state index in [4.69, 9.17) is 4.74 Å². The third kappa shape index (κ3) is 5.21. The van der Waals surface area contributed by atoms with Crippen LogP contribution in [-0.2, 0) is 4.74 Å². The molecule has 1 rings (SSSR count). The SMILES string of the molecule is Cc1cccc(C(C)CNC(=O)OC(C)(C)C)c1. The Labute approximate surface area is 110 Å². The second-order valence-electron chi connectivity index (χ2n) is 5.70. The minimum Gasteiger partial charge on any atom is -0.444 e. The van der Waals surface area contributed by atoms with Crippen LogP contribution in [0, 0.1) is 6.92 Å². The molecule has 0 fully saturated rings. The van der Waals surface area contributed by atoms with Crippen LogP contribution in [0.15, 0.2) is 24.3 Å². The average molecular weight is 249 g/mol. The van der Waals surface area contributed by atoms with Gasteiger partial charge < -0.3 is 10.1 Å². The van der Waals surface area contributed by atoms with E-state index in [1.807, 2.05) is 26.8 Å². The first-order valence-electron chi connectivity index (χ1n) is 6.31. The number of amides is 1. The molecule has 3 nitrogen and oxygen atoms in total. The topological polar surface area (TPSA) is 38.3 Å². The van der Waals surface area contributed by atoms with E-state index in [1.165, 1.54) is 11.1 Å². The summed E-state index contributed by atoms with van der Waals surface area (Å²) in [6.07, 6.45) is -0.359. The summed E-state index contributed by atoms with van der Waals surface area (Å²) in [5.41, 5.74) is 2.01. The minimum absolute atomic E-state index is 0.275. The van der Waals surface area contributed by atoms with Crippen molar-refractivity contribution in [2.45, 2.75) is 46.1 Å². The Bertz CT molecular complexity index is 407. The van der Waals surface area contributed by atoms with Crippen molar-refractivity contribution in [2.24, 2.45) is 0 Å². The first-order valence-corrected chi connectivity index (χ1v) is 6.31. The van der Waals surface area contributed by atoms with Gasteiger partial charge in [0.05, 0.1) is 0 Å². The first kappa shape index (κ1) is 14.6. The van der Waals surface area contributed by atoms with Gasteiger partial charge in [-0.1, -0.05) is 36.8 Å². The molecule has 0 heterocycles. The molecule has 0 aliphatic rings. The third-order valence-corrected chi connectivity index (χ3v) is 2.56. The quantitative estimate of drug-likeness (QED) is 0.888. The molecule has 0 saturated heterocycles. The molecule has 0 spiro atoms. The zero-order valence-corrected chi connectivity index (χ0v) is 11.9. The van der Waals surface area contributed by atoms with E-state index >= 15 is 0 Å². The Morgan fingerprint density at radius 3 is 2.61 bits per heavy atom. The van der Waals surface area contributed by atoms with Gasteiger partial charge in [0, 0.05) is 6.54 Å². The Balaban J connectivity index is 2.46. The number of ether oxygens (including phenoxy) is 1. The number of benzene rings is 1. The molecular weight excluding hydrogens is 226 g/mol. The second kappa shape index (κ2) is 5.89. The van der Waals surface area contributed by atoms with E-state index in [0.29, 0.717) is 6.54 Å². The molecule has 1 aromatic rings. The fourth-order valence-electron chi connectivity index (χ4n) is 1.65. The van der Waals surface area contributed by atoms with Crippen LogP contribution in [0.2, 0.25) is 0 Å². The third-order valence-electron chi connectivity index (χ3n) is 2.56. The average Bonchev–Trinajstić information content (AvgIpc) is 2.23. The lowest BCUT2D eigenvalue weighted by atomic mass is 9.99. The lowest BCUT2D eigenvalue weighted by Crippen LogP contribution is -2.34. The van der Waals surface area contributed by atoms with Crippen LogP contribution in [0.1, 0.15) is 44.7 Å². The highest BCUT2D eigenvalue weighted by Gasteiger charge is 2.16. The van der Waals surface area contributed by atoms with Crippen LogP contribution in [0.4, 0.5) is 4.79 Å². The summed E-state index contributed by atoms with van der Waals surface area (Å²) in [5, 5.41) is 2.80. The molecule has 1 atom stereocenters. The molecule has 0 bridgehead atoms. The van der Waals surface area contributed by atoms with E-state index < -0.39 is 5.60 Å². The van der Waals surface area contributed by atoms with Gasteiger partial charge in [-0.05, 0) is 39.2 Å². The molecule has 0 aliphatic heterocycles. The molecule has 0 aromatic heterocycles. The van der Waals surface area contributed by atoms with Gasteiger partial charge in [-0.3, -0.25) is 0 Å². The Morgan fingerprint density at radius 1 is 1.39 bits per heavy atom. The fourth-order valence-corrected chi connectivity index (χ4v) is 1.65. The molecule has 1 amide bonds. The summed E-state index contributed by atoms with van der Waals surface area (Å²) >= 11 is 0. The standard InChI is InChI=1S/C15H23NO2/c1-11-7-6-8-13(9-11)12(2)10-16-14(17)18-15(3,4)5/h6-9,12H,10H2,1-5H3,(H,16,17). The molecule has 1 N–H and O–H groups in total. The summed E-state index contributed by atoms with van der Waals surface area (Å²) in [6.45, 7) is 10.3. The molecular formula is C15H23NO2. The van der Waals surface area contributed by atoms with Crippen molar-refractivity contribution in [2.75, 3.05) is 6.54 Å². The van der Waals surface area contributed by atoms with Crippen LogP contribution in [0.5, 0.6) is 0 Å². The number of nitrogens with one attached hydrogen (secondary N) is 1. The van der Waals surface area contributed by atoms with E-state index in [0.717, 1.165) is 0 Å². The highest BCUT2D eigenvalue weighted by Crippen LogP contribution is 2.15. The van der Waals surface area contributed by atoms with Gasteiger partial charge in [-0.2, -0.15) is 0 Å². The Kier molecular flexibility index (Phi) is 4.76. The number of rotatable bonds is 3. The summed E-state index contributed by atoms with van der Waals surface area (Å²) in [4.78, 5) is 11.5. The number of carbonyl (C=O) groups is 1. The van der Waals surface area contributed by atoms with Gasteiger partial charge in [-0.25, -0.2) is 4.79 Å². The van der Waals surface area contributed by atoms with Crippen molar-refractivity contribution in [3.8, 4) is 0 Å². The number of hydrogen-bond acceptors (Lipinski definition) is 2. The van der Waals surface area contributed by atoms with Gasteiger partial charge in [0.1, 0.15) is 5.60 Å². The van der Waals surface area contributed by atoms with Crippen LogP contribution >= 0.6 is 0 Å². The highest BCUT2D eigenvalue weighted by atomic mass is 16.6. The van der Waals surface area contributed by atoms with Gasteiger partial charge in [0.2, 0.25) is 0 Å². The fraction of sp³-hybridized carbons (Fsp3) is 0.533. The minimum atomic E-state index is -0.448. The van der Waals surface area contributed by atoms with E-state index in [9.17, 15) is 4.79 Å². The maximum absolute atomic E-state index is 11.5. The van der Waals surface area contributed by atoms with Gasteiger partial charge in [0.15, 0.2) is 0 Å². The molecule has 3 heteroatoms. The van der Waals surface area contributed by atoms with E-state index in [-0.39, 0.29) is 12.0 Å². The zero-order chi connectivity index (χ0) is 13.8. The predicted octanol–water partition coefficient (Wildman–Crippen LogP) is 3.62. The van der Waals surface area contributed by atoms with Crippen molar-refractivity contribution in [3.05, 3.63) is 35.4 Å². The van der Waals surface area contributed by atoms with Crippen molar-refractivity contribution < 1.29 is 9.53 Å². The van der Waals surface area contributed by atoms with Crippen molar-refractivity contribution in [1.82, 2.24) is 5.32 Å². The zero-order valence-electron chi connectivity index (χ0n) is 11.9. The molecule has 18 heavy (non-hydrogen) atoms. The number of aryl methyl sites for hydroxylation is 1. The maximum atomic E-state index is 11.5. The van der Waals surface area contributed by atoms with E-state index in [1.54, 1.807) is 0 Å². The lowest BCUT2D eigenvalue weighted by Gasteiger charge is -2.21. The van der Waals surface area contributed by atoms with Crippen LogP contribution in [0.3, 0.4) is 0 Å². The van der Waals surface area contributed by atoms with Crippen LogP contribution in [0.25, 0.3) is 0 Å². The summed E-state index contributed by atoms with van der Waals surface area (Å²) < 4.78 is 5.20. The second-order valence-corrected chi connectivity index (χ2v) is 5.70. The lowest BCUT2D eigenvalue weighted by molar-refractivity contribution is 0.0525. The van der Waals surface area contributed by atoms with Gasteiger partial charge >= 0.3 is 6.09 Å². The van der Waals surface area contributed by atoms with Crippen molar-refractivity contribution >= 4 is 6.09 Å². The Morgan fingerprint density at radius 2 is 2.06 bits per heavy atom. The largest absolute Gasteiger partial charge is 0.444 e. The maximum Gasteiger partial charge on any atom is 0.407 e. The number of carbonyl (C=O) groups excluding carboxylic acids is 1. The van der Waals surface area contributed by atoms with Gasteiger partial charge in [0.25, 0.3) is 0 Å². The molecule has 1 aromatic carbocycles. The van der Waals surface area contributed by atoms with Crippen molar-refractivity contribution in [1.29, 1.82) is 0 Å².